The smallest absolute Gasteiger partial charge is 0.0226 e. The van der Waals surface area contributed by atoms with Crippen molar-refractivity contribution in [3.8, 4) is 0 Å². The van der Waals surface area contributed by atoms with Crippen molar-refractivity contribution in [3.63, 3.8) is 0 Å². The molecule has 60 valence electrons. The maximum Gasteiger partial charge on any atom is 0.0226 e. The second-order valence-electron chi connectivity index (χ2n) is 2.44. The van der Waals surface area contributed by atoms with Gasteiger partial charge in [0, 0.05) is 5.88 Å². The summed E-state index contributed by atoms with van der Waals surface area (Å²) in [5.74, 6) is 0.790. The Morgan fingerprint density at radius 1 is 1.10 bits per heavy atom. The molecule has 0 bridgehead atoms. The summed E-state index contributed by atoms with van der Waals surface area (Å²) in [7, 11) is 0. The molecule has 0 amide bonds. The van der Waals surface area contributed by atoms with Gasteiger partial charge in [0.05, 0.1) is 0 Å². The summed E-state index contributed by atoms with van der Waals surface area (Å²) < 4.78 is 0. The van der Waals surface area contributed by atoms with Crippen LogP contribution in [0.5, 0.6) is 0 Å². The summed E-state index contributed by atoms with van der Waals surface area (Å²) in [6, 6.07) is 0. The molecule has 0 aliphatic heterocycles. The van der Waals surface area contributed by atoms with Crippen molar-refractivity contribution in [2.75, 3.05) is 5.88 Å². The van der Waals surface area contributed by atoms with Crippen LogP contribution in [0.4, 0.5) is 0 Å². The molecular weight excluding hydrogens is 144 g/mol. The summed E-state index contributed by atoms with van der Waals surface area (Å²) in [5.41, 5.74) is 0. The van der Waals surface area contributed by atoms with Crippen LogP contribution in [0.25, 0.3) is 0 Å². The highest BCUT2D eigenvalue weighted by molar-refractivity contribution is 6.17. The van der Waals surface area contributed by atoms with Crippen molar-refractivity contribution in [1.82, 2.24) is 0 Å². The Kier molecular flexibility index (Phi) is 9.06. The van der Waals surface area contributed by atoms with Crippen LogP contribution in [0.2, 0.25) is 0 Å². The number of unbranched alkanes of at least 4 members (excludes halogenated alkanes) is 3. The van der Waals surface area contributed by atoms with Gasteiger partial charge in [-0.3, -0.25) is 0 Å². The first-order valence-corrected chi connectivity index (χ1v) is 4.66. The zero-order chi connectivity index (χ0) is 7.66. The number of rotatable bonds is 6. The Morgan fingerprint density at radius 3 is 2.20 bits per heavy atom. The number of allylic oxidation sites excluding steroid dienone is 2. The largest absolute Gasteiger partial charge is 0.127 e. The van der Waals surface area contributed by atoms with Gasteiger partial charge >= 0.3 is 0 Å². The normalized spacial score (nSPS) is 11.0. The number of alkyl halides is 1. The molecule has 0 rings (SSSR count). The van der Waals surface area contributed by atoms with Gasteiger partial charge in [-0.25, -0.2) is 0 Å². The molecule has 0 aromatic heterocycles. The van der Waals surface area contributed by atoms with Gasteiger partial charge in [-0.2, -0.15) is 0 Å². The van der Waals surface area contributed by atoms with Crippen molar-refractivity contribution in [1.29, 1.82) is 0 Å². The molecule has 0 heterocycles. The van der Waals surface area contributed by atoms with Crippen LogP contribution in [-0.2, 0) is 0 Å². The molecule has 1 heteroatoms. The molecule has 0 aromatic rings. The van der Waals surface area contributed by atoms with Crippen LogP contribution >= 0.6 is 11.6 Å². The van der Waals surface area contributed by atoms with E-state index in [-0.39, 0.29) is 0 Å². The highest BCUT2D eigenvalue weighted by atomic mass is 35.5. The predicted molar refractivity (Wildman–Crippen MR) is 48.6 cm³/mol. The minimum absolute atomic E-state index is 0.790. The van der Waals surface area contributed by atoms with Gasteiger partial charge in [0.2, 0.25) is 0 Å². The Labute approximate surface area is 69.3 Å². The third-order valence-electron chi connectivity index (χ3n) is 1.40. The summed E-state index contributed by atoms with van der Waals surface area (Å²) in [6.45, 7) is 2.21. The summed E-state index contributed by atoms with van der Waals surface area (Å²) >= 11 is 5.51. The van der Waals surface area contributed by atoms with Gasteiger partial charge in [-0.05, 0) is 19.3 Å². The SMILES string of the molecule is CCCCC=CCCCCl. The molecule has 0 unspecified atom stereocenters. The number of halogens is 1. The summed E-state index contributed by atoms with van der Waals surface area (Å²) in [5, 5.41) is 0. The van der Waals surface area contributed by atoms with Gasteiger partial charge in [0.25, 0.3) is 0 Å². The predicted octanol–water partition coefficient (Wildman–Crippen LogP) is 3.75. The van der Waals surface area contributed by atoms with E-state index in [2.05, 4.69) is 19.1 Å². The molecule has 10 heavy (non-hydrogen) atoms. The topological polar surface area (TPSA) is 0 Å². The van der Waals surface area contributed by atoms with Gasteiger partial charge in [-0.15, -0.1) is 11.6 Å². The first-order chi connectivity index (χ1) is 4.91. The molecule has 0 saturated carbocycles. The lowest BCUT2D eigenvalue weighted by Gasteiger charge is -1.88. The minimum Gasteiger partial charge on any atom is -0.127 e. The van der Waals surface area contributed by atoms with Crippen LogP contribution in [0.3, 0.4) is 0 Å². The Morgan fingerprint density at radius 2 is 1.70 bits per heavy atom. The quantitative estimate of drug-likeness (QED) is 0.316. The van der Waals surface area contributed by atoms with E-state index in [0.29, 0.717) is 0 Å². The zero-order valence-electron chi connectivity index (χ0n) is 6.78. The molecule has 0 aliphatic carbocycles. The van der Waals surface area contributed by atoms with E-state index in [0.717, 1.165) is 18.7 Å². The molecule has 0 N–H and O–H groups in total. The van der Waals surface area contributed by atoms with Crippen LogP contribution < -0.4 is 0 Å². The van der Waals surface area contributed by atoms with Crippen molar-refractivity contribution >= 4 is 11.6 Å². The monoisotopic (exact) mass is 160 g/mol. The van der Waals surface area contributed by atoms with Crippen molar-refractivity contribution < 1.29 is 0 Å². The molecule has 0 aromatic carbocycles. The van der Waals surface area contributed by atoms with Crippen molar-refractivity contribution in [2.24, 2.45) is 0 Å². The van der Waals surface area contributed by atoms with E-state index in [9.17, 15) is 0 Å². The molecule has 0 radical (unpaired) electrons. The highest BCUT2D eigenvalue weighted by Crippen LogP contribution is 1.98. The molecule has 0 atom stereocenters. The maximum atomic E-state index is 5.51. The zero-order valence-corrected chi connectivity index (χ0v) is 7.53. The van der Waals surface area contributed by atoms with E-state index in [1.165, 1.54) is 19.3 Å². The molecule has 0 saturated heterocycles. The van der Waals surface area contributed by atoms with Crippen molar-refractivity contribution in [3.05, 3.63) is 12.2 Å². The third-order valence-corrected chi connectivity index (χ3v) is 1.66. The Balaban J connectivity index is 2.89. The van der Waals surface area contributed by atoms with Gasteiger partial charge in [0.15, 0.2) is 0 Å². The molecule has 0 spiro atoms. The minimum atomic E-state index is 0.790. The fraction of sp³-hybridized carbons (Fsp3) is 0.778. The van der Waals surface area contributed by atoms with Crippen LogP contribution in [-0.4, -0.2) is 5.88 Å². The van der Waals surface area contributed by atoms with E-state index in [1.54, 1.807) is 0 Å². The van der Waals surface area contributed by atoms with Gasteiger partial charge in [-0.1, -0.05) is 31.9 Å². The summed E-state index contributed by atoms with van der Waals surface area (Å²) in [4.78, 5) is 0. The lowest BCUT2D eigenvalue weighted by atomic mass is 10.2. The van der Waals surface area contributed by atoms with E-state index >= 15 is 0 Å². The average molecular weight is 161 g/mol. The van der Waals surface area contributed by atoms with E-state index in [1.807, 2.05) is 0 Å². The molecular formula is C9H17Cl. The Bertz CT molecular complexity index is 66.8. The first-order valence-electron chi connectivity index (χ1n) is 4.12. The number of hydrogen-bond acceptors (Lipinski definition) is 0. The van der Waals surface area contributed by atoms with Crippen molar-refractivity contribution in [2.45, 2.75) is 39.0 Å². The maximum absolute atomic E-state index is 5.51. The van der Waals surface area contributed by atoms with Gasteiger partial charge < -0.3 is 0 Å². The summed E-state index contributed by atoms with van der Waals surface area (Å²) in [6.07, 6.45) is 10.6. The van der Waals surface area contributed by atoms with Crippen LogP contribution in [0.1, 0.15) is 39.0 Å². The first kappa shape index (κ1) is 10.0. The second-order valence-corrected chi connectivity index (χ2v) is 2.82. The Hall–Kier alpha value is 0.0300. The lowest BCUT2D eigenvalue weighted by molar-refractivity contribution is 0.810. The standard InChI is InChI=1S/C9H17Cl/c1-2-3-4-5-6-7-8-9-10/h5-6H,2-4,7-9H2,1H3. The van der Waals surface area contributed by atoms with E-state index < -0.39 is 0 Å². The van der Waals surface area contributed by atoms with Gasteiger partial charge in [0.1, 0.15) is 0 Å². The third kappa shape index (κ3) is 8.03. The average Bonchev–Trinajstić information content (AvgIpc) is 1.97. The lowest BCUT2D eigenvalue weighted by Crippen LogP contribution is -1.71. The fourth-order valence-corrected chi connectivity index (χ4v) is 0.907. The number of hydrogen-bond donors (Lipinski definition) is 0. The van der Waals surface area contributed by atoms with E-state index in [4.69, 9.17) is 11.6 Å². The molecule has 0 fully saturated rings. The molecule has 0 nitrogen and oxygen atoms in total. The van der Waals surface area contributed by atoms with Crippen LogP contribution in [0, 0.1) is 0 Å². The van der Waals surface area contributed by atoms with Crippen LogP contribution in [0.15, 0.2) is 12.2 Å². The highest BCUT2D eigenvalue weighted by Gasteiger charge is 1.79. The second kappa shape index (κ2) is 9.03. The fourth-order valence-electron chi connectivity index (χ4n) is 0.753. The molecule has 0 aliphatic rings.